The van der Waals surface area contributed by atoms with Crippen LogP contribution in [0.3, 0.4) is 0 Å². The molecule has 1 aliphatic heterocycles. The number of benzene rings is 2. The van der Waals surface area contributed by atoms with Crippen molar-refractivity contribution in [3.8, 4) is 0 Å². The minimum atomic E-state index is -2.98. The molecule has 0 radical (unpaired) electrons. The second-order valence-corrected chi connectivity index (χ2v) is 5.05. The fraction of sp³-hybridized carbons (Fsp3) is 0.176. The maximum absolute atomic E-state index is 12.5. The highest BCUT2D eigenvalue weighted by molar-refractivity contribution is 6.21. The molecule has 0 unspecified atom stereocenters. The Morgan fingerprint density at radius 2 is 1.39 bits per heavy atom. The van der Waals surface area contributed by atoms with Crippen LogP contribution in [0.4, 0.5) is 8.78 Å². The summed E-state index contributed by atoms with van der Waals surface area (Å²) in [5.74, 6) is -1.00. The predicted molar refractivity (Wildman–Crippen MR) is 78.1 cm³/mol. The van der Waals surface area contributed by atoms with Gasteiger partial charge in [0, 0.05) is 0 Å². The lowest BCUT2D eigenvalue weighted by atomic mass is 10.1. The number of hydrogen-bond acceptors (Lipinski definition) is 3. The molecule has 1 aliphatic rings. The van der Waals surface area contributed by atoms with Crippen LogP contribution < -0.4 is 0 Å². The first kappa shape index (κ1) is 15.3. The van der Waals surface area contributed by atoms with E-state index in [0.29, 0.717) is 5.56 Å². The first-order valence-electron chi connectivity index (χ1n) is 7.01. The quantitative estimate of drug-likeness (QED) is 0.795. The number of nitrogens with zero attached hydrogens (tertiary/aromatic N) is 1. The minimum Gasteiger partial charge on any atom is -0.320 e. The van der Waals surface area contributed by atoms with Crippen molar-refractivity contribution in [2.24, 2.45) is 0 Å². The molecule has 1 atom stereocenters. The van der Waals surface area contributed by atoms with Gasteiger partial charge in [-0.15, -0.1) is 0 Å². The molecule has 0 bridgehead atoms. The molecule has 0 fully saturated rings. The van der Waals surface area contributed by atoms with Gasteiger partial charge in [-0.1, -0.05) is 42.5 Å². The smallest absolute Gasteiger partial charge is 0.320 e. The summed E-state index contributed by atoms with van der Waals surface area (Å²) in [4.78, 5) is 26.0. The van der Waals surface area contributed by atoms with Gasteiger partial charge in [0.25, 0.3) is 11.8 Å². The largest absolute Gasteiger partial charge is 0.345 e. The molecular weight excluding hydrogens is 304 g/mol. The molecule has 2 amide bonds. The third kappa shape index (κ3) is 2.85. The minimum absolute atomic E-state index is 0.274. The number of carbonyl (C=O) groups excluding carboxylic acids is 2. The van der Waals surface area contributed by atoms with E-state index in [1.165, 1.54) is 0 Å². The van der Waals surface area contributed by atoms with Gasteiger partial charge in [0.15, 0.2) is 0 Å². The fourth-order valence-electron chi connectivity index (χ4n) is 2.65. The molecule has 0 aliphatic carbocycles. The monoisotopic (exact) mass is 317 g/mol. The van der Waals surface area contributed by atoms with Gasteiger partial charge in [-0.2, -0.15) is 8.78 Å². The Labute approximate surface area is 131 Å². The normalized spacial score (nSPS) is 15.2. The second-order valence-electron chi connectivity index (χ2n) is 5.05. The van der Waals surface area contributed by atoms with E-state index < -0.39 is 31.1 Å². The summed E-state index contributed by atoms with van der Waals surface area (Å²) in [6.45, 7) is -3.44. The van der Waals surface area contributed by atoms with E-state index in [0.717, 1.165) is 4.90 Å². The van der Waals surface area contributed by atoms with Gasteiger partial charge in [-0.3, -0.25) is 14.5 Å². The van der Waals surface area contributed by atoms with Gasteiger partial charge in [-0.05, 0) is 17.7 Å². The van der Waals surface area contributed by atoms with E-state index in [1.54, 1.807) is 54.6 Å². The van der Waals surface area contributed by atoms with Crippen molar-refractivity contribution in [1.29, 1.82) is 0 Å². The molecule has 1 heterocycles. The van der Waals surface area contributed by atoms with Crippen LogP contribution in [0.15, 0.2) is 54.6 Å². The molecular formula is C17H13F2NO3. The van der Waals surface area contributed by atoms with Crippen molar-refractivity contribution >= 4 is 11.8 Å². The Kier molecular flexibility index (Phi) is 4.16. The Morgan fingerprint density at radius 1 is 0.870 bits per heavy atom. The van der Waals surface area contributed by atoms with Gasteiger partial charge in [0.2, 0.25) is 0 Å². The van der Waals surface area contributed by atoms with Crippen LogP contribution in [0.5, 0.6) is 0 Å². The molecule has 3 rings (SSSR count). The molecule has 4 nitrogen and oxygen atoms in total. The lowest BCUT2D eigenvalue weighted by Crippen LogP contribution is -2.37. The standard InChI is InChI=1S/C17H13F2NO3/c18-17(19)23-10-14(11-6-2-1-3-7-11)20-15(21)12-8-4-5-9-13(12)16(20)22/h1-9,14,17H,10H2/t14-/m1/s1. The predicted octanol–water partition coefficient (Wildman–Crippen LogP) is 3.26. The number of alkyl halides is 2. The van der Waals surface area contributed by atoms with Gasteiger partial charge in [-0.25, -0.2) is 0 Å². The average molecular weight is 317 g/mol. The maximum Gasteiger partial charge on any atom is 0.345 e. The average Bonchev–Trinajstić information content (AvgIpc) is 2.81. The van der Waals surface area contributed by atoms with E-state index in [2.05, 4.69) is 4.74 Å². The number of hydrogen-bond donors (Lipinski definition) is 0. The number of carbonyl (C=O) groups is 2. The lowest BCUT2D eigenvalue weighted by molar-refractivity contribution is -0.138. The second kappa shape index (κ2) is 6.26. The van der Waals surface area contributed by atoms with Gasteiger partial charge in [0.05, 0.1) is 23.8 Å². The highest BCUT2D eigenvalue weighted by Gasteiger charge is 2.40. The van der Waals surface area contributed by atoms with Crippen LogP contribution in [0, 0.1) is 0 Å². The first-order valence-corrected chi connectivity index (χ1v) is 7.01. The lowest BCUT2D eigenvalue weighted by Gasteiger charge is -2.26. The van der Waals surface area contributed by atoms with Crippen LogP contribution in [-0.4, -0.2) is 29.9 Å². The topological polar surface area (TPSA) is 46.6 Å². The summed E-state index contributed by atoms with van der Waals surface area (Å²) in [5, 5.41) is 0. The Bertz CT molecular complexity index is 699. The molecule has 2 aromatic carbocycles. The number of fused-ring (bicyclic) bond motifs is 1. The Balaban J connectivity index is 1.98. The molecule has 118 valence electrons. The van der Waals surface area contributed by atoms with Crippen LogP contribution >= 0.6 is 0 Å². The molecule has 0 saturated heterocycles. The third-order valence-corrected chi connectivity index (χ3v) is 3.70. The first-order chi connectivity index (χ1) is 11.1. The Morgan fingerprint density at radius 3 is 1.91 bits per heavy atom. The number of halogens is 2. The number of imide groups is 1. The maximum atomic E-state index is 12.5. The van der Waals surface area contributed by atoms with Gasteiger partial charge in [0.1, 0.15) is 0 Å². The van der Waals surface area contributed by atoms with E-state index in [1.807, 2.05) is 0 Å². The highest BCUT2D eigenvalue weighted by Crippen LogP contribution is 2.31. The summed E-state index contributed by atoms with van der Waals surface area (Å²) >= 11 is 0. The molecule has 0 aromatic heterocycles. The summed E-state index contributed by atoms with van der Waals surface area (Å²) in [6.07, 6.45) is 0. The summed E-state index contributed by atoms with van der Waals surface area (Å²) < 4.78 is 29.3. The van der Waals surface area contributed by atoms with Crippen LogP contribution in [-0.2, 0) is 4.74 Å². The molecule has 0 spiro atoms. The van der Waals surface area contributed by atoms with E-state index in [-0.39, 0.29) is 11.1 Å². The summed E-state index contributed by atoms with van der Waals surface area (Å²) in [7, 11) is 0. The zero-order valence-electron chi connectivity index (χ0n) is 12.0. The van der Waals surface area contributed by atoms with Crippen molar-refractivity contribution in [3.63, 3.8) is 0 Å². The van der Waals surface area contributed by atoms with E-state index >= 15 is 0 Å². The number of amides is 2. The molecule has 0 saturated carbocycles. The zero-order chi connectivity index (χ0) is 16.4. The van der Waals surface area contributed by atoms with Crippen LogP contribution in [0.25, 0.3) is 0 Å². The molecule has 0 N–H and O–H groups in total. The Hall–Kier alpha value is -2.60. The van der Waals surface area contributed by atoms with Crippen LogP contribution in [0.2, 0.25) is 0 Å². The van der Waals surface area contributed by atoms with Crippen LogP contribution in [0.1, 0.15) is 32.3 Å². The SMILES string of the molecule is O=C1c2ccccc2C(=O)N1[C@H](COC(F)F)c1ccccc1. The molecule has 6 heteroatoms. The molecule has 2 aromatic rings. The number of ether oxygens (including phenoxy) is 1. The molecule has 23 heavy (non-hydrogen) atoms. The highest BCUT2D eigenvalue weighted by atomic mass is 19.3. The fourth-order valence-corrected chi connectivity index (χ4v) is 2.65. The number of rotatable bonds is 5. The summed E-state index contributed by atoms with van der Waals surface area (Å²) in [6, 6.07) is 14.0. The van der Waals surface area contributed by atoms with Gasteiger partial charge < -0.3 is 4.74 Å². The van der Waals surface area contributed by atoms with Crippen molar-refractivity contribution in [2.75, 3.05) is 6.61 Å². The third-order valence-electron chi connectivity index (χ3n) is 3.70. The van der Waals surface area contributed by atoms with Gasteiger partial charge >= 0.3 is 6.61 Å². The van der Waals surface area contributed by atoms with Crippen molar-refractivity contribution < 1.29 is 23.1 Å². The zero-order valence-corrected chi connectivity index (χ0v) is 12.0. The van der Waals surface area contributed by atoms with E-state index in [9.17, 15) is 18.4 Å². The van der Waals surface area contributed by atoms with Crippen molar-refractivity contribution in [3.05, 3.63) is 71.3 Å². The van der Waals surface area contributed by atoms with Crippen molar-refractivity contribution in [2.45, 2.75) is 12.7 Å². The van der Waals surface area contributed by atoms with E-state index in [4.69, 9.17) is 0 Å². The van der Waals surface area contributed by atoms with Crippen molar-refractivity contribution in [1.82, 2.24) is 4.90 Å². The summed E-state index contributed by atoms with van der Waals surface area (Å²) in [5.41, 5.74) is 1.11.